The van der Waals surface area contributed by atoms with Gasteiger partial charge in [-0.2, -0.15) is 0 Å². The highest BCUT2D eigenvalue weighted by molar-refractivity contribution is 7.89. The highest BCUT2D eigenvalue weighted by Gasteiger charge is 2.35. The molecule has 1 aromatic carbocycles. The van der Waals surface area contributed by atoms with E-state index in [0.717, 1.165) is 0 Å². The van der Waals surface area contributed by atoms with Crippen molar-refractivity contribution in [3.05, 3.63) is 41.4 Å². The summed E-state index contributed by atoms with van der Waals surface area (Å²) in [7, 11) is -0.312. The zero-order valence-corrected chi connectivity index (χ0v) is 15.5. The van der Waals surface area contributed by atoms with Crippen LogP contribution in [-0.4, -0.2) is 55.3 Å². The molecule has 0 N–H and O–H groups in total. The molecule has 25 heavy (non-hydrogen) atoms. The molecule has 0 spiro atoms. The number of hydrogen-bond donors (Lipinski definition) is 0. The monoisotopic (exact) mass is 387 g/mol. The number of sulfonamides is 1. The normalized spacial score (nSPS) is 21.2. The zero-order valence-electron chi connectivity index (χ0n) is 13.9. The van der Waals surface area contributed by atoms with Crippen molar-refractivity contribution in [2.75, 3.05) is 33.1 Å². The lowest BCUT2D eigenvalue weighted by molar-refractivity contribution is 0.182. The van der Waals surface area contributed by atoms with Crippen molar-refractivity contribution in [2.45, 2.75) is 6.04 Å². The molecule has 1 fully saturated rings. The maximum Gasteiger partial charge on any atom is 0.214 e. The average Bonchev–Trinajstić information content (AvgIpc) is 3.18. The summed E-state index contributed by atoms with van der Waals surface area (Å²) in [5.41, 5.74) is 0.664. The van der Waals surface area contributed by atoms with Crippen molar-refractivity contribution >= 4 is 21.6 Å². The predicted octanol–water partition coefficient (Wildman–Crippen LogP) is 2.42. The number of aromatic nitrogens is 2. The topological polar surface area (TPSA) is 64.4 Å². The van der Waals surface area contributed by atoms with Crippen LogP contribution in [-0.2, 0) is 14.8 Å². The zero-order chi connectivity index (χ0) is 18.2. The van der Waals surface area contributed by atoms with E-state index in [4.69, 9.17) is 16.3 Å². The van der Waals surface area contributed by atoms with Gasteiger partial charge in [0.15, 0.2) is 0 Å². The Hall–Kier alpha value is -1.48. The Kier molecular flexibility index (Phi) is 5.15. The molecule has 1 aromatic heterocycles. The van der Waals surface area contributed by atoms with Crippen LogP contribution in [0.25, 0.3) is 11.4 Å². The molecule has 0 saturated carbocycles. The highest BCUT2D eigenvalue weighted by atomic mass is 35.5. The lowest BCUT2D eigenvalue weighted by Crippen LogP contribution is -2.32. The Morgan fingerprint density at radius 3 is 2.84 bits per heavy atom. The van der Waals surface area contributed by atoms with Gasteiger partial charge in [-0.3, -0.25) is 0 Å². The van der Waals surface area contributed by atoms with Crippen LogP contribution in [0.15, 0.2) is 30.6 Å². The van der Waals surface area contributed by atoms with Gasteiger partial charge in [-0.25, -0.2) is 22.1 Å². The van der Waals surface area contributed by atoms with Gasteiger partial charge < -0.3 is 9.30 Å². The van der Waals surface area contributed by atoms with Crippen LogP contribution < -0.4 is 0 Å². The third-order valence-corrected chi connectivity index (χ3v) is 6.60. The second-order valence-corrected chi connectivity index (χ2v) is 8.85. The number of nitrogens with zero attached hydrogens (tertiary/aromatic N) is 3. The molecule has 0 radical (unpaired) electrons. The number of rotatable bonds is 5. The third-order valence-electron chi connectivity index (χ3n) is 4.35. The Bertz CT molecular complexity index is 869. The van der Waals surface area contributed by atoms with Gasteiger partial charge in [0.25, 0.3) is 0 Å². The second kappa shape index (κ2) is 7.03. The molecule has 1 aliphatic heterocycles. The van der Waals surface area contributed by atoms with E-state index >= 15 is 0 Å². The Morgan fingerprint density at radius 1 is 1.40 bits per heavy atom. The van der Waals surface area contributed by atoms with Gasteiger partial charge in [0, 0.05) is 38.0 Å². The molecule has 0 aliphatic carbocycles. The molecule has 3 rings (SSSR count). The Labute approximate surface area is 151 Å². The molecule has 136 valence electrons. The van der Waals surface area contributed by atoms with Gasteiger partial charge in [-0.15, -0.1) is 0 Å². The van der Waals surface area contributed by atoms with Crippen LogP contribution in [0.1, 0.15) is 6.04 Å². The number of benzene rings is 1. The van der Waals surface area contributed by atoms with E-state index in [1.54, 1.807) is 18.5 Å². The smallest absolute Gasteiger partial charge is 0.214 e. The minimum Gasteiger partial charge on any atom is -0.379 e. The molecule has 1 saturated heterocycles. The van der Waals surface area contributed by atoms with Gasteiger partial charge in [-0.1, -0.05) is 11.6 Å². The summed E-state index contributed by atoms with van der Waals surface area (Å²) in [6.45, 7) is 0.755. The van der Waals surface area contributed by atoms with Gasteiger partial charge in [-0.05, 0) is 18.2 Å². The molecule has 1 aliphatic rings. The first-order valence-electron chi connectivity index (χ1n) is 7.76. The van der Waals surface area contributed by atoms with Crippen molar-refractivity contribution in [1.82, 2.24) is 13.9 Å². The first kappa shape index (κ1) is 18.3. The molecule has 2 heterocycles. The molecular weight excluding hydrogens is 369 g/mol. The first-order valence-corrected chi connectivity index (χ1v) is 9.74. The van der Waals surface area contributed by atoms with Crippen LogP contribution in [0.5, 0.6) is 0 Å². The molecule has 2 atom stereocenters. The highest BCUT2D eigenvalue weighted by Crippen LogP contribution is 2.32. The van der Waals surface area contributed by atoms with Crippen molar-refractivity contribution in [3.8, 4) is 11.4 Å². The van der Waals surface area contributed by atoms with Gasteiger partial charge in [0.05, 0.1) is 30.0 Å². The van der Waals surface area contributed by atoms with Gasteiger partial charge >= 0.3 is 0 Å². The summed E-state index contributed by atoms with van der Waals surface area (Å²) < 4.78 is 46.5. The van der Waals surface area contributed by atoms with Crippen LogP contribution in [0.2, 0.25) is 5.02 Å². The largest absolute Gasteiger partial charge is 0.379 e. The van der Waals surface area contributed by atoms with Crippen molar-refractivity contribution in [1.29, 1.82) is 0 Å². The minimum atomic E-state index is -3.35. The molecular formula is C16H19ClFN3O3S. The van der Waals surface area contributed by atoms with Crippen molar-refractivity contribution < 1.29 is 17.5 Å². The summed E-state index contributed by atoms with van der Waals surface area (Å²) in [4.78, 5) is 4.33. The molecule has 0 unspecified atom stereocenters. The summed E-state index contributed by atoms with van der Waals surface area (Å²) in [5.74, 6) is -0.101. The summed E-state index contributed by atoms with van der Waals surface area (Å²) in [5, 5.41) is 0.0152. The molecule has 6 nitrogen and oxygen atoms in total. The standard InChI is InChI=1S/C16H19ClFN3O3S/c1-20(2)25(22,23)10-12-8-24-9-15(12)21-6-5-19-16(21)11-3-4-14(18)13(17)7-11/h3-7,12,15H,8-10H2,1-2H3/t12-,15-/m1/s1. The maximum atomic E-state index is 13.4. The van der Waals surface area contributed by atoms with E-state index in [0.29, 0.717) is 24.6 Å². The number of ether oxygens (including phenoxy) is 1. The molecule has 0 amide bonds. The van der Waals surface area contributed by atoms with Gasteiger partial charge in [0.2, 0.25) is 10.0 Å². The Morgan fingerprint density at radius 2 is 2.16 bits per heavy atom. The first-order chi connectivity index (χ1) is 11.8. The van der Waals surface area contributed by atoms with Crippen molar-refractivity contribution in [3.63, 3.8) is 0 Å². The molecule has 0 bridgehead atoms. The van der Waals surface area contributed by atoms with E-state index in [-0.39, 0.29) is 22.7 Å². The maximum absolute atomic E-state index is 13.4. The van der Waals surface area contributed by atoms with E-state index in [1.165, 1.54) is 30.5 Å². The molecule has 9 heteroatoms. The van der Waals surface area contributed by atoms with E-state index in [2.05, 4.69) is 4.98 Å². The predicted molar refractivity (Wildman–Crippen MR) is 93.5 cm³/mol. The lowest BCUT2D eigenvalue weighted by Gasteiger charge is -2.22. The van der Waals surface area contributed by atoms with E-state index in [9.17, 15) is 12.8 Å². The minimum absolute atomic E-state index is 0.00748. The van der Waals surface area contributed by atoms with E-state index < -0.39 is 15.8 Å². The van der Waals surface area contributed by atoms with Crippen LogP contribution in [0, 0.1) is 11.7 Å². The summed E-state index contributed by atoms with van der Waals surface area (Å²) in [6, 6.07) is 4.23. The molecule has 2 aromatic rings. The fraction of sp³-hybridized carbons (Fsp3) is 0.438. The second-order valence-electron chi connectivity index (χ2n) is 6.21. The summed E-state index contributed by atoms with van der Waals surface area (Å²) >= 11 is 5.87. The SMILES string of the molecule is CN(C)S(=O)(=O)C[C@H]1COC[C@H]1n1ccnc1-c1ccc(F)c(Cl)c1. The third kappa shape index (κ3) is 3.72. The van der Waals surface area contributed by atoms with E-state index in [1.807, 2.05) is 4.57 Å². The number of hydrogen-bond acceptors (Lipinski definition) is 4. The fourth-order valence-corrected chi connectivity index (χ4v) is 4.25. The average molecular weight is 388 g/mol. The Balaban J connectivity index is 1.92. The van der Waals surface area contributed by atoms with Gasteiger partial charge in [0.1, 0.15) is 11.6 Å². The summed E-state index contributed by atoms with van der Waals surface area (Å²) in [6.07, 6.45) is 3.41. The number of imidazole rings is 1. The lowest BCUT2D eigenvalue weighted by atomic mass is 10.1. The number of halogens is 2. The van der Waals surface area contributed by atoms with Crippen LogP contribution in [0.4, 0.5) is 4.39 Å². The van der Waals surface area contributed by atoms with Crippen molar-refractivity contribution in [2.24, 2.45) is 5.92 Å². The van der Waals surface area contributed by atoms with Crippen LogP contribution in [0.3, 0.4) is 0 Å². The van der Waals surface area contributed by atoms with Crippen LogP contribution >= 0.6 is 11.6 Å². The fourth-order valence-electron chi connectivity index (χ4n) is 2.91. The quantitative estimate of drug-likeness (QED) is 0.790.